The van der Waals surface area contributed by atoms with Crippen LogP contribution in [-0.4, -0.2) is 33.3 Å². The van der Waals surface area contributed by atoms with E-state index in [1.165, 1.54) is 33.5 Å². The molecule has 0 heterocycles. The molecule has 1 aromatic carbocycles. The Kier molecular flexibility index (Phi) is 5.83. The van der Waals surface area contributed by atoms with E-state index in [0.717, 1.165) is 0 Å². The molecular formula is C14H18O6. The molecule has 0 aliphatic heterocycles. The molecule has 0 spiro atoms. The molecule has 110 valence electrons. The van der Waals surface area contributed by atoms with Gasteiger partial charge in [-0.2, -0.15) is 0 Å². The van der Waals surface area contributed by atoms with Crippen molar-refractivity contribution in [3.05, 3.63) is 17.7 Å². The topological polar surface area (TPSA) is 71.1 Å². The Bertz CT molecular complexity index is 469. The number of esters is 2. The van der Waals surface area contributed by atoms with Gasteiger partial charge in [0.15, 0.2) is 11.5 Å². The normalized spacial score (nSPS) is 9.80. The van der Waals surface area contributed by atoms with Gasteiger partial charge in [0.25, 0.3) is 0 Å². The second-order valence-electron chi connectivity index (χ2n) is 3.93. The first-order chi connectivity index (χ1) is 9.57. The average Bonchev–Trinajstić information content (AvgIpc) is 2.45. The summed E-state index contributed by atoms with van der Waals surface area (Å²) in [5.41, 5.74) is 0.156. The summed E-state index contributed by atoms with van der Waals surface area (Å²) >= 11 is 0. The second-order valence-corrected chi connectivity index (χ2v) is 3.93. The summed E-state index contributed by atoms with van der Waals surface area (Å²) in [6.07, 6.45) is 0.803. The first-order valence-electron chi connectivity index (χ1n) is 6.12. The Hall–Kier alpha value is -2.24. The first kappa shape index (κ1) is 15.8. The minimum absolute atomic E-state index is 0.156. The van der Waals surface area contributed by atoms with Crippen LogP contribution in [0.3, 0.4) is 0 Å². The second kappa shape index (κ2) is 7.37. The van der Waals surface area contributed by atoms with Gasteiger partial charge in [-0.05, 0) is 18.6 Å². The minimum atomic E-state index is -0.747. The molecule has 0 bridgehead atoms. The van der Waals surface area contributed by atoms with Gasteiger partial charge in [-0.25, -0.2) is 4.79 Å². The maximum Gasteiger partial charge on any atom is 0.346 e. The van der Waals surface area contributed by atoms with Gasteiger partial charge < -0.3 is 18.9 Å². The highest BCUT2D eigenvalue weighted by Crippen LogP contribution is 2.38. The minimum Gasteiger partial charge on any atom is -0.493 e. The molecule has 6 nitrogen and oxygen atoms in total. The summed E-state index contributed by atoms with van der Waals surface area (Å²) < 4.78 is 20.1. The Labute approximate surface area is 117 Å². The number of methoxy groups -OCH3 is 3. The molecule has 0 aromatic heterocycles. The standard InChI is InChI=1S/C14H18O6/c1-5-6-12(15)20-14(16)9-7-10(17-2)13(19-4)11(8-9)18-3/h7-8H,5-6H2,1-4H3. The lowest BCUT2D eigenvalue weighted by Gasteiger charge is -2.13. The van der Waals surface area contributed by atoms with E-state index in [2.05, 4.69) is 0 Å². The third kappa shape index (κ3) is 3.63. The third-order valence-electron chi connectivity index (χ3n) is 2.56. The van der Waals surface area contributed by atoms with Crippen molar-refractivity contribution >= 4 is 11.9 Å². The molecule has 0 radical (unpaired) electrons. The molecule has 0 aliphatic rings. The molecule has 6 heteroatoms. The first-order valence-corrected chi connectivity index (χ1v) is 6.12. The van der Waals surface area contributed by atoms with E-state index in [-0.39, 0.29) is 12.0 Å². The van der Waals surface area contributed by atoms with E-state index in [1.807, 2.05) is 6.92 Å². The number of rotatable bonds is 6. The molecule has 20 heavy (non-hydrogen) atoms. The smallest absolute Gasteiger partial charge is 0.346 e. The van der Waals surface area contributed by atoms with Gasteiger partial charge in [-0.15, -0.1) is 0 Å². The van der Waals surface area contributed by atoms with E-state index < -0.39 is 11.9 Å². The van der Waals surface area contributed by atoms with Gasteiger partial charge in [0.05, 0.1) is 26.9 Å². The molecule has 0 atom stereocenters. The van der Waals surface area contributed by atoms with E-state index in [4.69, 9.17) is 18.9 Å². The van der Waals surface area contributed by atoms with Crippen LogP contribution in [-0.2, 0) is 9.53 Å². The van der Waals surface area contributed by atoms with E-state index >= 15 is 0 Å². The third-order valence-corrected chi connectivity index (χ3v) is 2.56. The van der Waals surface area contributed by atoms with Crippen LogP contribution in [0.25, 0.3) is 0 Å². The van der Waals surface area contributed by atoms with Crippen molar-refractivity contribution in [3.8, 4) is 17.2 Å². The number of benzene rings is 1. The van der Waals surface area contributed by atoms with Gasteiger partial charge in [0.2, 0.25) is 5.75 Å². The summed E-state index contributed by atoms with van der Waals surface area (Å²) in [6.45, 7) is 1.82. The molecule has 0 aliphatic carbocycles. The van der Waals surface area contributed by atoms with Crippen LogP contribution < -0.4 is 14.2 Å². The highest BCUT2D eigenvalue weighted by molar-refractivity contribution is 5.97. The lowest BCUT2D eigenvalue weighted by atomic mass is 10.2. The van der Waals surface area contributed by atoms with Crippen LogP contribution >= 0.6 is 0 Å². The largest absolute Gasteiger partial charge is 0.493 e. The van der Waals surface area contributed by atoms with E-state index in [0.29, 0.717) is 23.7 Å². The van der Waals surface area contributed by atoms with Crippen molar-refractivity contribution in [1.82, 2.24) is 0 Å². The van der Waals surface area contributed by atoms with Crippen molar-refractivity contribution in [3.63, 3.8) is 0 Å². The monoisotopic (exact) mass is 282 g/mol. The maximum atomic E-state index is 11.9. The average molecular weight is 282 g/mol. The zero-order valence-electron chi connectivity index (χ0n) is 12.0. The highest BCUT2D eigenvalue weighted by atomic mass is 16.6. The van der Waals surface area contributed by atoms with E-state index in [1.54, 1.807) is 0 Å². The van der Waals surface area contributed by atoms with Crippen molar-refractivity contribution in [1.29, 1.82) is 0 Å². The van der Waals surface area contributed by atoms with Crippen LogP contribution in [0.1, 0.15) is 30.1 Å². The summed E-state index contributed by atoms with van der Waals surface area (Å²) in [7, 11) is 4.34. The van der Waals surface area contributed by atoms with Gasteiger partial charge in [-0.3, -0.25) is 4.79 Å². The summed E-state index contributed by atoms with van der Waals surface area (Å²) in [5.74, 6) is -0.302. The fourth-order valence-electron chi connectivity index (χ4n) is 1.62. The SMILES string of the molecule is CCCC(=O)OC(=O)c1cc(OC)c(OC)c(OC)c1. The van der Waals surface area contributed by atoms with Crippen molar-refractivity contribution < 1.29 is 28.5 Å². The Morgan fingerprint density at radius 2 is 1.55 bits per heavy atom. The zero-order valence-corrected chi connectivity index (χ0v) is 12.0. The molecular weight excluding hydrogens is 264 g/mol. The number of hydrogen-bond acceptors (Lipinski definition) is 6. The molecule has 0 saturated heterocycles. The molecule has 1 rings (SSSR count). The lowest BCUT2D eigenvalue weighted by Crippen LogP contribution is -2.12. The number of carbonyl (C=O) groups excluding carboxylic acids is 2. The van der Waals surface area contributed by atoms with Gasteiger partial charge in [0.1, 0.15) is 0 Å². The van der Waals surface area contributed by atoms with Crippen LogP contribution in [0.5, 0.6) is 17.2 Å². The number of hydrogen-bond donors (Lipinski definition) is 0. The molecule has 0 N–H and O–H groups in total. The highest BCUT2D eigenvalue weighted by Gasteiger charge is 2.19. The van der Waals surface area contributed by atoms with E-state index in [9.17, 15) is 9.59 Å². The molecule has 0 amide bonds. The molecule has 0 saturated carbocycles. The number of ether oxygens (including phenoxy) is 4. The Balaban J connectivity index is 3.06. The van der Waals surface area contributed by atoms with Crippen LogP contribution in [0.15, 0.2) is 12.1 Å². The van der Waals surface area contributed by atoms with Crippen molar-refractivity contribution in [2.75, 3.05) is 21.3 Å². The molecule has 0 unspecified atom stereocenters. The summed E-state index contributed by atoms with van der Waals surface area (Å²) in [6, 6.07) is 2.87. The fourth-order valence-corrected chi connectivity index (χ4v) is 1.62. The predicted molar refractivity (Wildman–Crippen MR) is 71.4 cm³/mol. The summed E-state index contributed by atoms with van der Waals surface area (Å²) in [5, 5.41) is 0. The van der Waals surface area contributed by atoms with Crippen LogP contribution in [0, 0.1) is 0 Å². The van der Waals surface area contributed by atoms with Crippen molar-refractivity contribution in [2.24, 2.45) is 0 Å². The maximum absolute atomic E-state index is 11.9. The van der Waals surface area contributed by atoms with Gasteiger partial charge >= 0.3 is 11.9 Å². The molecule has 0 fully saturated rings. The molecule has 1 aromatic rings. The fraction of sp³-hybridized carbons (Fsp3) is 0.429. The van der Waals surface area contributed by atoms with Gasteiger partial charge in [0, 0.05) is 6.42 Å². The quantitative estimate of drug-likeness (QED) is 0.588. The van der Waals surface area contributed by atoms with Crippen LogP contribution in [0.2, 0.25) is 0 Å². The van der Waals surface area contributed by atoms with Gasteiger partial charge in [-0.1, -0.05) is 6.92 Å². The van der Waals surface area contributed by atoms with Crippen LogP contribution in [0.4, 0.5) is 0 Å². The zero-order chi connectivity index (χ0) is 15.1. The Morgan fingerprint density at radius 1 is 1.00 bits per heavy atom. The predicted octanol–water partition coefficient (Wildman–Crippen LogP) is 2.20. The van der Waals surface area contributed by atoms with Crippen molar-refractivity contribution in [2.45, 2.75) is 19.8 Å². The number of carbonyl (C=O) groups is 2. The summed E-state index contributed by atoms with van der Waals surface area (Å²) in [4.78, 5) is 23.2. The Morgan fingerprint density at radius 3 is 1.95 bits per heavy atom. The lowest BCUT2D eigenvalue weighted by molar-refractivity contribution is -0.137.